The largest absolute Gasteiger partial charge is 0.353 e. The van der Waals surface area contributed by atoms with Gasteiger partial charge in [-0.15, -0.1) is 5.10 Å². The smallest absolute Gasteiger partial charge is 0.275 e. The van der Waals surface area contributed by atoms with Crippen LogP contribution in [0.1, 0.15) is 17.4 Å². The molecule has 1 atom stereocenters. The lowest BCUT2D eigenvalue weighted by Gasteiger charge is -2.33. The number of hydrogen-bond acceptors (Lipinski definition) is 4. The molecule has 0 saturated carbocycles. The molecule has 0 aliphatic carbocycles. The van der Waals surface area contributed by atoms with E-state index < -0.39 is 0 Å². The van der Waals surface area contributed by atoms with Crippen LogP contribution in [0, 0.1) is 0 Å². The number of nitrogens with one attached hydrogen (secondary N) is 1. The minimum absolute atomic E-state index is 0.0550. The van der Waals surface area contributed by atoms with Gasteiger partial charge in [-0.3, -0.25) is 9.59 Å². The second kappa shape index (κ2) is 5.59. The number of carbonyl (C=O) groups excluding carboxylic acids is 2. The second-order valence-corrected chi connectivity index (χ2v) is 5.36. The summed E-state index contributed by atoms with van der Waals surface area (Å²) in [5.74, 6) is -0.378. The number of aromatic nitrogens is 3. The van der Waals surface area contributed by atoms with E-state index in [1.54, 1.807) is 11.9 Å². The zero-order valence-corrected chi connectivity index (χ0v) is 12.5. The standard InChI is InChI=1S/C15H17N5O2/c1-10-8-16-12(21)9-20(10)15(22)14-13(17-18-19(14)2)11-6-4-3-5-7-11/h3-7,10H,8-9H2,1-2H3,(H,16,21). The highest BCUT2D eigenvalue weighted by molar-refractivity contribution is 6.00. The van der Waals surface area contributed by atoms with Crippen LogP contribution < -0.4 is 5.32 Å². The molecule has 0 radical (unpaired) electrons. The number of nitrogens with zero attached hydrogens (tertiary/aromatic N) is 4. The van der Waals surface area contributed by atoms with Gasteiger partial charge in [0, 0.05) is 25.2 Å². The molecule has 7 nitrogen and oxygen atoms in total. The van der Waals surface area contributed by atoms with Gasteiger partial charge < -0.3 is 10.2 Å². The first-order valence-corrected chi connectivity index (χ1v) is 7.10. The van der Waals surface area contributed by atoms with Crippen LogP contribution in [0.4, 0.5) is 0 Å². The molecule has 1 aliphatic heterocycles. The lowest BCUT2D eigenvalue weighted by atomic mass is 10.1. The van der Waals surface area contributed by atoms with E-state index in [4.69, 9.17) is 0 Å². The van der Waals surface area contributed by atoms with Gasteiger partial charge in [0.25, 0.3) is 5.91 Å². The summed E-state index contributed by atoms with van der Waals surface area (Å²) in [6, 6.07) is 9.37. The van der Waals surface area contributed by atoms with Crippen molar-refractivity contribution < 1.29 is 9.59 Å². The van der Waals surface area contributed by atoms with E-state index in [9.17, 15) is 9.59 Å². The van der Waals surface area contributed by atoms with Crippen molar-refractivity contribution in [1.82, 2.24) is 25.2 Å². The molecular weight excluding hydrogens is 282 g/mol. The number of amides is 2. The molecule has 7 heteroatoms. The summed E-state index contributed by atoms with van der Waals surface area (Å²) < 4.78 is 1.46. The van der Waals surface area contributed by atoms with Gasteiger partial charge in [-0.25, -0.2) is 4.68 Å². The SMILES string of the molecule is CC1CNC(=O)CN1C(=O)c1c(-c2ccccc2)nnn1C. The highest BCUT2D eigenvalue weighted by atomic mass is 16.2. The van der Waals surface area contributed by atoms with Gasteiger partial charge in [0.15, 0.2) is 5.69 Å². The van der Waals surface area contributed by atoms with Crippen molar-refractivity contribution in [1.29, 1.82) is 0 Å². The fourth-order valence-corrected chi connectivity index (χ4v) is 2.53. The van der Waals surface area contributed by atoms with Crippen molar-refractivity contribution in [2.24, 2.45) is 7.05 Å². The molecule has 2 aromatic rings. The molecule has 1 aliphatic rings. The summed E-state index contributed by atoms with van der Waals surface area (Å²) >= 11 is 0. The highest BCUT2D eigenvalue weighted by Crippen LogP contribution is 2.22. The Bertz CT molecular complexity index is 710. The van der Waals surface area contributed by atoms with Gasteiger partial charge in [-0.1, -0.05) is 35.5 Å². The van der Waals surface area contributed by atoms with Crippen LogP contribution in [0.25, 0.3) is 11.3 Å². The Hall–Kier alpha value is -2.70. The van der Waals surface area contributed by atoms with Crippen molar-refractivity contribution in [3.63, 3.8) is 0 Å². The van der Waals surface area contributed by atoms with E-state index in [1.165, 1.54) is 4.68 Å². The molecule has 1 saturated heterocycles. The molecule has 1 fully saturated rings. The van der Waals surface area contributed by atoms with Crippen LogP contribution in [0.15, 0.2) is 30.3 Å². The molecule has 3 rings (SSSR count). The van der Waals surface area contributed by atoms with E-state index >= 15 is 0 Å². The zero-order valence-electron chi connectivity index (χ0n) is 12.5. The predicted octanol–water partition coefficient (Wildman–Crippen LogP) is 0.443. The summed E-state index contributed by atoms with van der Waals surface area (Å²) in [7, 11) is 1.68. The van der Waals surface area contributed by atoms with E-state index in [0.717, 1.165) is 5.56 Å². The maximum Gasteiger partial charge on any atom is 0.275 e. The van der Waals surface area contributed by atoms with Gasteiger partial charge in [0.1, 0.15) is 12.2 Å². The predicted molar refractivity (Wildman–Crippen MR) is 79.9 cm³/mol. The van der Waals surface area contributed by atoms with Crippen LogP contribution in [0.5, 0.6) is 0 Å². The third-order valence-corrected chi connectivity index (χ3v) is 3.78. The molecule has 1 unspecified atom stereocenters. The maximum atomic E-state index is 12.9. The summed E-state index contributed by atoms with van der Waals surface area (Å²) in [5, 5.41) is 10.8. The number of piperazine rings is 1. The van der Waals surface area contributed by atoms with E-state index in [1.807, 2.05) is 37.3 Å². The molecule has 22 heavy (non-hydrogen) atoms. The van der Waals surface area contributed by atoms with Crippen LogP contribution in [0.3, 0.4) is 0 Å². The van der Waals surface area contributed by atoms with Crippen molar-refractivity contribution >= 4 is 11.8 Å². The minimum atomic E-state index is -0.228. The molecule has 1 aromatic heterocycles. The number of carbonyl (C=O) groups is 2. The monoisotopic (exact) mass is 299 g/mol. The Morgan fingerprint density at radius 3 is 2.77 bits per heavy atom. The molecule has 0 bridgehead atoms. The zero-order chi connectivity index (χ0) is 15.7. The Morgan fingerprint density at radius 2 is 2.05 bits per heavy atom. The molecule has 1 aromatic carbocycles. The van der Waals surface area contributed by atoms with Gasteiger partial charge in [-0.05, 0) is 6.92 Å². The van der Waals surface area contributed by atoms with Crippen LogP contribution in [0.2, 0.25) is 0 Å². The van der Waals surface area contributed by atoms with Crippen molar-refractivity contribution in [2.75, 3.05) is 13.1 Å². The van der Waals surface area contributed by atoms with Gasteiger partial charge >= 0.3 is 0 Å². The third-order valence-electron chi connectivity index (χ3n) is 3.78. The Balaban J connectivity index is 1.99. The number of benzene rings is 1. The molecule has 114 valence electrons. The Kier molecular flexibility index (Phi) is 3.62. The summed E-state index contributed by atoms with van der Waals surface area (Å²) in [6.45, 7) is 2.42. The van der Waals surface area contributed by atoms with Crippen LogP contribution in [-0.2, 0) is 11.8 Å². The molecule has 2 amide bonds. The molecule has 0 spiro atoms. The summed E-state index contributed by atoms with van der Waals surface area (Å²) in [5.41, 5.74) is 1.76. The number of rotatable bonds is 2. The Morgan fingerprint density at radius 1 is 1.32 bits per heavy atom. The van der Waals surface area contributed by atoms with E-state index in [-0.39, 0.29) is 24.4 Å². The lowest BCUT2D eigenvalue weighted by molar-refractivity contribution is -0.124. The molecule has 2 heterocycles. The summed E-state index contributed by atoms with van der Waals surface area (Å²) in [4.78, 5) is 26.0. The quantitative estimate of drug-likeness (QED) is 0.872. The third kappa shape index (κ3) is 2.45. The lowest BCUT2D eigenvalue weighted by Crippen LogP contribution is -2.55. The van der Waals surface area contributed by atoms with E-state index in [2.05, 4.69) is 15.6 Å². The van der Waals surface area contributed by atoms with E-state index in [0.29, 0.717) is 17.9 Å². The van der Waals surface area contributed by atoms with Gasteiger partial charge in [0.05, 0.1) is 0 Å². The van der Waals surface area contributed by atoms with Crippen molar-refractivity contribution in [2.45, 2.75) is 13.0 Å². The van der Waals surface area contributed by atoms with Crippen molar-refractivity contribution in [3.8, 4) is 11.3 Å². The molecule has 1 N–H and O–H groups in total. The van der Waals surface area contributed by atoms with Gasteiger partial charge in [0.2, 0.25) is 5.91 Å². The molecular formula is C15H17N5O2. The highest BCUT2D eigenvalue weighted by Gasteiger charge is 2.32. The first-order chi connectivity index (χ1) is 10.6. The minimum Gasteiger partial charge on any atom is -0.353 e. The normalized spacial score (nSPS) is 18.2. The number of aryl methyl sites for hydroxylation is 1. The van der Waals surface area contributed by atoms with Crippen LogP contribution >= 0.6 is 0 Å². The summed E-state index contributed by atoms with van der Waals surface area (Å²) in [6.07, 6.45) is 0. The number of hydrogen-bond donors (Lipinski definition) is 1. The first-order valence-electron chi connectivity index (χ1n) is 7.10. The average molecular weight is 299 g/mol. The Labute approximate surface area is 127 Å². The fraction of sp³-hybridized carbons (Fsp3) is 0.333. The fourth-order valence-electron chi connectivity index (χ4n) is 2.53. The first kappa shape index (κ1) is 14.2. The van der Waals surface area contributed by atoms with Gasteiger partial charge in [-0.2, -0.15) is 0 Å². The topological polar surface area (TPSA) is 80.1 Å². The maximum absolute atomic E-state index is 12.9. The average Bonchev–Trinajstić information content (AvgIpc) is 2.91. The van der Waals surface area contributed by atoms with Crippen LogP contribution in [-0.4, -0.2) is 50.8 Å². The van der Waals surface area contributed by atoms with Crippen molar-refractivity contribution in [3.05, 3.63) is 36.0 Å². The second-order valence-electron chi connectivity index (χ2n) is 5.36.